The zero-order chi connectivity index (χ0) is 17.5. The SMILES string of the molecule is CS(=O)(=O)c1ccccc1C(=O)ON1C(=O)c2ccccc2C1=O. The molecule has 0 saturated carbocycles. The van der Waals surface area contributed by atoms with Crippen LogP contribution in [-0.4, -0.2) is 37.5 Å². The van der Waals surface area contributed by atoms with Gasteiger partial charge in [-0.05, 0) is 24.3 Å². The minimum atomic E-state index is -3.68. The van der Waals surface area contributed by atoms with Crippen molar-refractivity contribution in [3.05, 3.63) is 65.2 Å². The average molecular weight is 345 g/mol. The Morgan fingerprint density at radius 3 is 1.96 bits per heavy atom. The molecule has 2 aromatic carbocycles. The molecule has 0 aromatic heterocycles. The number of benzene rings is 2. The summed E-state index contributed by atoms with van der Waals surface area (Å²) in [5, 5.41) is 0.339. The monoisotopic (exact) mass is 345 g/mol. The van der Waals surface area contributed by atoms with Crippen LogP contribution in [0.3, 0.4) is 0 Å². The molecule has 24 heavy (non-hydrogen) atoms. The first-order valence-electron chi connectivity index (χ1n) is 6.80. The fourth-order valence-electron chi connectivity index (χ4n) is 2.34. The van der Waals surface area contributed by atoms with Crippen molar-refractivity contribution < 1.29 is 27.6 Å². The lowest BCUT2D eigenvalue weighted by Gasteiger charge is -2.14. The van der Waals surface area contributed by atoms with E-state index in [0.29, 0.717) is 5.06 Å². The summed E-state index contributed by atoms with van der Waals surface area (Å²) in [6, 6.07) is 11.4. The molecule has 0 atom stereocenters. The van der Waals surface area contributed by atoms with Crippen molar-refractivity contribution in [2.24, 2.45) is 0 Å². The second kappa shape index (κ2) is 5.57. The van der Waals surface area contributed by atoms with E-state index in [-0.39, 0.29) is 21.6 Å². The Morgan fingerprint density at radius 2 is 1.42 bits per heavy atom. The van der Waals surface area contributed by atoms with Crippen molar-refractivity contribution >= 4 is 27.6 Å². The van der Waals surface area contributed by atoms with Gasteiger partial charge in [-0.25, -0.2) is 13.2 Å². The van der Waals surface area contributed by atoms with Crippen LogP contribution >= 0.6 is 0 Å². The van der Waals surface area contributed by atoms with Crippen molar-refractivity contribution in [3.8, 4) is 0 Å². The lowest BCUT2D eigenvalue weighted by Crippen LogP contribution is -2.33. The Morgan fingerprint density at radius 1 is 0.917 bits per heavy atom. The summed E-state index contributed by atoms with van der Waals surface area (Å²) >= 11 is 0. The number of imide groups is 1. The molecule has 1 heterocycles. The van der Waals surface area contributed by atoms with Crippen molar-refractivity contribution in [1.82, 2.24) is 5.06 Å². The molecule has 0 spiro atoms. The van der Waals surface area contributed by atoms with Crippen LogP contribution in [0.2, 0.25) is 0 Å². The summed E-state index contributed by atoms with van der Waals surface area (Å²) < 4.78 is 23.5. The number of amides is 2. The van der Waals surface area contributed by atoms with E-state index in [1.165, 1.54) is 36.4 Å². The van der Waals surface area contributed by atoms with Crippen LogP contribution in [-0.2, 0) is 14.7 Å². The second-order valence-corrected chi connectivity index (χ2v) is 7.08. The number of sulfone groups is 1. The Hall–Kier alpha value is -3.00. The van der Waals surface area contributed by atoms with Gasteiger partial charge in [-0.3, -0.25) is 9.59 Å². The van der Waals surface area contributed by atoms with Gasteiger partial charge in [0.05, 0.1) is 21.6 Å². The highest BCUT2D eigenvalue weighted by Crippen LogP contribution is 2.24. The maximum Gasteiger partial charge on any atom is 0.365 e. The predicted octanol–water partition coefficient (Wildman–Crippen LogP) is 1.46. The van der Waals surface area contributed by atoms with Gasteiger partial charge in [0, 0.05) is 6.26 Å². The standard InChI is InChI=1S/C16H11NO6S/c1-24(21,22)13-9-5-4-8-12(13)16(20)23-17-14(18)10-6-2-3-7-11(10)15(17)19/h2-9H,1H3. The number of hydrogen-bond acceptors (Lipinski definition) is 6. The maximum absolute atomic E-state index is 12.3. The summed E-state index contributed by atoms with van der Waals surface area (Å²) in [5.41, 5.74) is -0.0186. The van der Waals surface area contributed by atoms with Gasteiger partial charge in [0.1, 0.15) is 0 Å². The molecule has 0 bridgehead atoms. The Labute approximate surface area is 137 Å². The molecule has 2 aromatic rings. The number of hydrogen-bond donors (Lipinski definition) is 0. The Balaban J connectivity index is 1.93. The summed E-state index contributed by atoms with van der Waals surface area (Å²) in [5.74, 6) is -2.66. The van der Waals surface area contributed by atoms with E-state index in [4.69, 9.17) is 4.84 Å². The maximum atomic E-state index is 12.3. The lowest BCUT2D eigenvalue weighted by atomic mass is 10.1. The topological polar surface area (TPSA) is 97.8 Å². The van der Waals surface area contributed by atoms with Gasteiger partial charge >= 0.3 is 5.97 Å². The fourth-order valence-corrected chi connectivity index (χ4v) is 3.22. The van der Waals surface area contributed by atoms with Crippen LogP contribution in [0.5, 0.6) is 0 Å². The van der Waals surface area contributed by atoms with Gasteiger partial charge in [-0.15, -0.1) is 0 Å². The number of carbonyl (C=O) groups excluding carboxylic acids is 3. The average Bonchev–Trinajstić information content (AvgIpc) is 2.79. The molecular formula is C16H11NO6S. The lowest BCUT2D eigenvalue weighted by molar-refractivity contribution is -0.0587. The van der Waals surface area contributed by atoms with Gasteiger partial charge in [0.25, 0.3) is 11.8 Å². The van der Waals surface area contributed by atoms with Crippen molar-refractivity contribution in [2.45, 2.75) is 4.90 Å². The molecular weight excluding hydrogens is 334 g/mol. The van der Waals surface area contributed by atoms with E-state index >= 15 is 0 Å². The quantitative estimate of drug-likeness (QED) is 0.781. The number of nitrogens with zero attached hydrogens (tertiary/aromatic N) is 1. The van der Waals surface area contributed by atoms with E-state index in [1.807, 2.05) is 0 Å². The minimum Gasteiger partial charge on any atom is -0.324 e. The largest absolute Gasteiger partial charge is 0.365 e. The Bertz CT molecular complexity index is 945. The third-order valence-corrected chi connectivity index (χ3v) is 4.59. The molecule has 7 nitrogen and oxygen atoms in total. The zero-order valence-electron chi connectivity index (χ0n) is 12.4. The molecule has 0 fully saturated rings. The number of hydroxylamine groups is 2. The molecule has 0 aliphatic carbocycles. The van der Waals surface area contributed by atoms with Crippen LogP contribution in [0.4, 0.5) is 0 Å². The van der Waals surface area contributed by atoms with Crippen LogP contribution in [0.1, 0.15) is 31.1 Å². The minimum absolute atomic E-state index is 0.117. The van der Waals surface area contributed by atoms with E-state index in [1.54, 1.807) is 12.1 Å². The van der Waals surface area contributed by atoms with Crippen LogP contribution in [0.15, 0.2) is 53.4 Å². The van der Waals surface area contributed by atoms with E-state index in [2.05, 4.69) is 0 Å². The molecule has 2 amide bonds. The third kappa shape index (κ3) is 2.56. The number of rotatable bonds is 3. The van der Waals surface area contributed by atoms with Gasteiger partial charge < -0.3 is 4.84 Å². The molecule has 1 aliphatic heterocycles. The smallest absolute Gasteiger partial charge is 0.324 e. The van der Waals surface area contributed by atoms with Crippen LogP contribution in [0, 0.1) is 0 Å². The third-order valence-electron chi connectivity index (χ3n) is 3.44. The number of carbonyl (C=O) groups is 3. The molecule has 0 N–H and O–H groups in total. The second-order valence-electron chi connectivity index (χ2n) is 5.10. The predicted molar refractivity (Wildman–Crippen MR) is 81.9 cm³/mol. The number of fused-ring (bicyclic) bond motifs is 1. The zero-order valence-corrected chi connectivity index (χ0v) is 13.2. The van der Waals surface area contributed by atoms with Crippen LogP contribution < -0.4 is 0 Å². The summed E-state index contributed by atoms with van der Waals surface area (Å²) in [4.78, 5) is 41.2. The molecule has 1 aliphatic rings. The van der Waals surface area contributed by atoms with E-state index in [9.17, 15) is 22.8 Å². The van der Waals surface area contributed by atoms with Gasteiger partial charge in [-0.2, -0.15) is 0 Å². The van der Waals surface area contributed by atoms with Gasteiger partial charge in [-0.1, -0.05) is 29.3 Å². The summed E-state index contributed by atoms with van der Waals surface area (Å²) in [7, 11) is -3.68. The molecule has 0 unspecified atom stereocenters. The molecule has 0 radical (unpaired) electrons. The van der Waals surface area contributed by atoms with Gasteiger partial charge in [0.15, 0.2) is 9.84 Å². The fraction of sp³-hybridized carbons (Fsp3) is 0.0625. The first-order chi connectivity index (χ1) is 11.3. The highest BCUT2D eigenvalue weighted by molar-refractivity contribution is 7.90. The highest BCUT2D eigenvalue weighted by Gasteiger charge is 2.39. The van der Waals surface area contributed by atoms with Crippen molar-refractivity contribution in [2.75, 3.05) is 6.26 Å². The van der Waals surface area contributed by atoms with Gasteiger partial charge in [0.2, 0.25) is 0 Å². The summed E-state index contributed by atoms with van der Waals surface area (Å²) in [6.07, 6.45) is 0.946. The van der Waals surface area contributed by atoms with Crippen molar-refractivity contribution in [1.29, 1.82) is 0 Å². The highest BCUT2D eigenvalue weighted by atomic mass is 32.2. The normalized spacial score (nSPS) is 13.8. The first-order valence-corrected chi connectivity index (χ1v) is 8.69. The molecule has 8 heteroatoms. The first kappa shape index (κ1) is 15.9. The summed E-state index contributed by atoms with van der Waals surface area (Å²) in [6.45, 7) is 0. The van der Waals surface area contributed by atoms with E-state index in [0.717, 1.165) is 6.26 Å². The van der Waals surface area contributed by atoms with Crippen molar-refractivity contribution in [3.63, 3.8) is 0 Å². The Kier molecular flexibility index (Phi) is 3.69. The van der Waals surface area contributed by atoms with E-state index < -0.39 is 27.6 Å². The molecule has 3 rings (SSSR count). The molecule has 122 valence electrons. The molecule has 0 saturated heterocycles. The van der Waals surface area contributed by atoms with Crippen LogP contribution in [0.25, 0.3) is 0 Å².